The fourth-order valence-electron chi connectivity index (χ4n) is 1.63. The minimum atomic E-state index is -1.03. The third-order valence-electron chi connectivity index (χ3n) is 2.68. The second kappa shape index (κ2) is 5.92. The molecule has 3 nitrogen and oxygen atoms in total. The minimum absolute atomic E-state index is 0.0105. The minimum Gasteiger partial charge on any atom is -0.389 e. The topological polar surface area (TPSA) is 55.1 Å². The molecule has 2 aromatic carbocycles. The van der Waals surface area contributed by atoms with Crippen molar-refractivity contribution in [1.29, 1.82) is 0 Å². The Kier molecular flexibility index (Phi) is 4.23. The molecule has 0 atom stereocenters. The van der Waals surface area contributed by atoms with Gasteiger partial charge in [0.2, 0.25) is 0 Å². The van der Waals surface area contributed by atoms with Crippen molar-refractivity contribution in [1.82, 2.24) is 0 Å². The van der Waals surface area contributed by atoms with Crippen LogP contribution in [0.3, 0.4) is 0 Å². The van der Waals surface area contributed by atoms with Crippen LogP contribution in [0.1, 0.15) is 15.9 Å². The van der Waals surface area contributed by atoms with Crippen molar-refractivity contribution < 1.29 is 18.0 Å². The maximum atomic E-state index is 13.8. The van der Waals surface area contributed by atoms with E-state index in [0.717, 1.165) is 18.2 Å². The Hall–Kier alpha value is -2.41. The lowest BCUT2D eigenvalue weighted by molar-refractivity contribution is 0.102. The highest BCUT2D eigenvalue weighted by atomic mass is 32.1. The van der Waals surface area contributed by atoms with E-state index in [9.17, 15) is 18.0 Å². The van der Waals surface area contributed by atoms with Crippen LogP contribution in [0.25, 0.3) is 0 Å². The second-order valence-electron chi connectivity index (χ2n) is 4.14. The maximum absolute atomic E-state index is 13.8. The SMILES string of the molecule is NC(=S)c1ccc(NC(=O)c2ccc(F)cc2F)c(F)c1. The molecule has 0 aliphatic carbocycles. The Morgan fingerprint density at radius 1 is 1.05 bits per heavy atom. The maximum Gasteiger partial charge on any atom is 0.258 e. The van der Waals surface area contributed by atoms with E-state index in [1.54, 1.807) is 0 Å². The third kappa shape index (κ3) is 3.38. The molecule has 21 heavy (non-hydrogen) atoms. The number of benzene rings is 2. The van der Waals surface area contributed by atoms with Crippen molar-refractivity contribution in [2.45, 2.75) is 0 Å². The number of hydrogen-bond acceptors (Lipinski definition) is 2. The van der Waals surface area contributed by atoms with Crippen LogP contribution in [0.5, 0.6) is 0 Å². The van der Waals surface area contributed by atoms with E-state index < -0.39 is 28.9 Å². The Labute approximate surface area is 123 Å². The summed E-state index contributed by atoms with van der Waals surface area (Å²) in [6.07, 6.45) is 0. The number of halogens is 3. The molecule has 0 saturated heterocycles. The van der Waals surface area contributed by atoms with Crippen LogP contribution in [-0.2, 0) is 0 Å². The van der Waals surface area contributed by atoms with Gasteiger partial charge in [-0.15, -0.1) is 0 Å². The fraction of sp³-hybridized carbons (Fsp3) is 0. The molecule has 0 radical (unpaired) electrons. The lowest BCUT2D eigenvalue weighted by Crippen LogP contribution is -2.16. The monoisotopic (exact) mass is 310 g/mol. The number of rotatable bonds is 3. The van der Waals surface area contributed by atoms with Gasteiger partial charge in [-0.3, -0.25) is 4.79 Å². The van der Waals surface area contributed by atoms with Crippen molar-refractivity contribution in [3.63, 3.8) is 0 Å². The number of nitrogens with two attached hydrogens (primary N) is 1. The van der Waals surface area contributed by atoms with Crippen LogP contribution in [0.15, 0.2) is 36.4 Å². The van der Waals surface area contributed by atoms with Crippen LogP contribution in [-0.4, -0.2) is 10.9 Å². The highest BCUT2D eigenvalue weighted by molar-refractivity contribution is 7.80. The van der Waals surface area contributed by atoms with E-state index in [4.69, 9.17) is 18.0 Å². The molecule has 0 saturated carbocycles. The summed E-state index contributed by atoms with van der Waals surface area (Å²) in [5, 5.41) is 2.19. The summed E-state index contributed by atoms with van der Waals surface area (Å²) in [7, 11) is 0. The van der Waals surface area contributed by atoms with E-state index in [1.165, 1.54) is 12.1 Å². The molecule has 0 aliphatic heterocycles. The van der Waals surface area contributed by atoms with Gasteiger partial charge in [0, 0.05) is 11.6 Å². The number of amides is 1. The molecule has 0 aromatic heterocycles. The van der Waals surface area contributed by atoms with Gasteiger partial charge < -0.3 is 11.1 Å². The summed E-state index contributed by atoms with van der Waals surface area (Å²) >= 11 is 4.70. The summed E-state index contributed by atoms with van der Waals surface area (Å²) in [5.41, 5.74) is 5.09. The van der Waals surface area contributed by atoms with Crippen LogP contribution in [0.4, 0.5) is 18.9 Å². The summed E-state index contributed by atoms with van der Waals surface area (Å²) in [6, 6.07) is 6.21. The first-order valence-corrected chi connectivity index (χ1v) is 6.15. The Bertz CT molecular complexity index is 734. The van der Waals surface area contributed by atoms with Crippen LogP contribution >= 0.6 is 12.2 Å². The van der Waals surface area contributed by atoms with E-state index in [0.29, 0.717) is 11.6 Å². The largest absolute Gasteiger partial charge is 0.389 e. The van der Waals surface area contributed by atoms with Crippen LogP contribution in [0.2, 0.25) is 0 Å². The molecule has 108 valence electrons. The van der Waals surface area contributed by atoms with Gasteiger partial charge in [-0.1, -0.05) is 12.2 Å². The van der Waals surface area contributed by atoms with E-state index in [2.05, 4.69) is 5.32 Å². The first kappa shape index (κ1) is 15.0. The summed E-state index contributed by atoms with van der Waals surface area (Å²) in [5.74, 6) is -3.51. The van der Waals surface area contributed by atoms with Gasteiger partial charge in [0.1, 0.15) is 22.4 Å². The zero-order chi connectivity index (χ0) is 15.6. The van der Waals surface area contributed by atoms with Crippen LogP contribution in [0, 0.1) is 17.5 Å². The van der Waals surface area contributed by atoms with Crippen molar-refractivity contribution in [3.8, 4) is 0 Å². The summed E-state index contributed by atoms with van der Waals surface area (Å²) in [4.78, 5) is 11.8. The van der Waals surface area contributed by atoms with E-state index in [1.807, 2.05) is 0 Å². The fourth-order valence-corrected chi connectivity index (χ4v) is 1.76. The predicted molar refractivity (Wildman–Crippen MR) is 76.6 cm³/mol. The molecule has 7 heteroatoms. The molecule has 0 unspecified atom stereocenters. The van der Waals surface area contributed by atoms with Gasteiger partial charge in [0.25, 0.3) is 5.91 Å². The van der Waals surface area contributed by atoms with E-state index >= 15 is 0 Å². The Morgan fingerprint density at radius 3 is 2.33 bits per heavy atom. The number of thiocarbonyl (C=S) groups is 1. The zero-order valence-corrected chi connectivity index (χ0v) is 11.3. The average Bonchev–Trinajstić information content (AvgIpc) is 2.40. The van der Waals surface area contributed by atoms with Crippen molar-refractivity contribution in [2.75, 3.05) is 5.32 Å². The lowest BCUT2D eigenvalue weighted by Gasteiger charge is -2.08. The molecule has 2 rings (SSSR count). The number of anilines is 1. The average molecular weight is 310 g/mol. The molecule has 0 aliphatic rings. The van der Waals surface area contributed by atoms with Gasteiger partial charge in [0.05, 0.1) is 11.3 Å². The van der Waals surface area contributed by atoms with Crippen molar-refractivity contribution in [3.05, 3.63) is 65.0 Å². The van der Waals surface area contributed by atoms with Gasteiger partial charge in [-0.2, -0.15) is 0 Å². The first-order valence-electron chi connectivity index (χ1n) is 5.74. The highest BCUT2D eigenvalue weighted by Gasteiger charge is 2.15. The van der Waals surface area contributed by atoms with Crippen molar-refractivity contribution >= 4 is 28.8 Å². The molecular weight excluding hydrogens is 301 g/mol. The number of carbonyl (C=O) groups is 1. The standard InChI is InChI=1S/C14H9F3N2OS/c15-8-2-3-9(10(16)6-8)14(20)19-12-4-1-7(13(18)21)5-11(12)17/h1-6H,(H2,18,21)(H,19,20). The molecule has 0 spiro atoms. The molecular formula is C14H9F3N2OS. The van der Waals surface area contributed by atoms with Gasteiger partial charge in [-0.05, 0) is 30.3 Å². The first-order chi connectivity index (χ1) is 9.88. The highest BCUT2D eigenvalue weighted by Crippen LogP contribution is 2.18. The second-order valence-corrected chi connectivity index (χ2v) is 4.58. The van der Waals surface area contributed by atoms with Gasteiger partial charge in [0.15, 0.2) is 0 Å². The molecule has 0 heterocycles. The number of carbonyl (C=O) groups excluding carboxylic acids is 1. The lowest BCUT2D eigenvalue weighted by atomic mass is 10.1. The molecule has 0 bridgehead atoms. The quantitative estimate of drug-likeness (QED) is 0.857. The number of hydrogen-bond donors (Lipinski definition) is 2. The smallest absolute Gasteiger partial charge is 0.258 e. The molecule has 1 amide bonds. The molecule has 3 N–H and O–H groups in total. The van der Waals surface area contributed by atoms with Gasteiger partial charge in [-0.25, -0.2) is 13.2 Å². The number of nitrogens with one attached hydrogen (secondary N) is 1. The van der Waals surface area contributed by atoms with Crippen molar-refractivity contribution in [2.24, 2.45) is 5.73 Å². The Balaban J connectivity index is 2.25. The predicted octanol–water partition coefficient (Wildman–Crippen LogP) is 2.99. The molecule has 2 aromatic rings. The van der Waals surface area contributed by atoms with Crippen LogP contribution < -0.4 is 11.1 Å². The zero-order valence-electron chi connectivity index (χ0n) is 10.5. The third-order valence-corrected chi connectivity index (χ3v) is 2.91. The Morgan fingerprint density at radius 2 is 1.76 bits per heavy atom. The normalized spacial score (nSPS) is 10.2. The van der Waals surface area contributed by atoms with E-state index in [-0.39, 0.29) is 10.7 Å². The van der Waals surface area contributed by atoms with Gasteiger partial charge >= 0.3 is 0 Å². The molecule has 0 fully saturated rings. The summed E-state index contributed by atoms with van der Waals surface area (Å²) in [6.45, 7) is 0. The summed E-state index contributed by atoms with van der Waals surface area (Å²) < 4.78 is 40.0.